The van der Waals surface area contributed by atoms with Gasteiger partial charge in [-0.05, 0) is 60.4 Å². The zero-order chi connectivity index (χ0) is 25.4. The summed E-state index contributed by atoms with van der Waals surface area (Å²) in [7, 11) is 0. The van der Waals surface area contributed by atoms with Gasteiger partial charge in [-0.3, -0.25) is 4.79 Å². The maximum absolute atomic E-state index is 14.1. The molecular weight excluding hydrogens is 475 g/mol. The number of fused-ring (bicyclic) bond motifs is 1. The minimum absolute atomic E-state index is 0.0625. The number of esters is 1. The number of carbonyl (C=O) groups excluding carboxylic acids is 2. The zero-order valence-corrected chi connectivity index (χ0v) is 18.2. The zero-order valence-electron chi connectivity index (χ0n) is 18.2. The number of hydrogen-bond acceptors (Lipinski definition) is 5. The van der Waals surface area contributed by atoms with Crippen LogP contribution in [0.4, 0.5) is 22.0 Å². The van der Waals surface area contributed by atoms with E-state index in [-0.39, 0.29) is 12.4 Å². The van der Waals surface area contributed by atoms with Crippen molar-refractivity contribution in [2.45, 2.75) is 13.8 Å². The van der Waals surface area contributed by atoms with E-state index in [1.54, 1.807) is 37.3 Å². The Morgan fingerprint density at radius 2 is 1.40 bits per heavy atom. The molecule has 10 heteroatoms. The molecule has 0 N–H and O–H groups in total. The number of aryl methyl sites for hydroxylation is 1. The number of hydrogen-bond donors (Lipinski definition) is 0. The molecule has 1 aliphatic rings. The first-order chi connectivity index (χ1) is 16.6. The molecule has 180 valence electrons. The number of rotatable bonds is 5. The van der Waals surface area contributed by atoms with Crippen LogP contribution in [0.5, 0.6) is 17.2 Å². The van der Waals surface area contributed by atoms with E-state index >= 15 is 0 Å². The number of allylic oxidation sites excluding steroid dienone is 1. The third-order valence-electron chi connectivity index (χ3n) is 5.17. The van der Waals surface area contributed by atoms with Crippen molar-refractivity contribution in [2.24, 2.45) is 0 Å². The van der Waals surface area contributed by atoms with Crippen molar-refractivity contribution in [2.75, 3.05) is 6.79 Å². The monoisotopic (exact) mass is 490 g/mol. The Bertz CT molecular complexity index is 1380. The second-order valence-corrected chi connectivity index (χ2v) is 7.55. The molecule has 1 heterocycles. The molecule has 3 aromatic rings. The van der Waals surface area contributed by atoms with E-state index in [4.69, 9.17) is 9.47 Å². The van der Waals surface area contributed by atoms with Crippen molar-refractivity contribution in [3.8, 4) is 28.4 Å². The predicted octanol–water partition coefficient (Wildman–Crippen LogP) is 5.66. The standard InChI is InChI=1S/C25H15F5O5/c1-11-3-4-13(14-5-6-17-18(9-14)34-10-33-17)8-15(11)16(7-12(2)31)25(32)35-24-22(29)20(27)19(26)21(28)23(24)30/h3-9H,10H2,1-2H3/b16-7+. The summed E-state index contributed by atoms with van der Waals surface area (Å²) in [6.45, 7) is 2.77. The van der Waals surface area contributed by atoms with Crippen LogP contribution < -0.4 is 14.2 Å². The lowest BCUT2D eigenvalue weighted by molar-refractivity contribution is -0.128. The normalized spacial score (nSPS) is 12.6. The van der Waals surface area contributed by atoms with Gasteiger partial charge in [0.2, 0.25) is 41.6 Å². The number of benzene rings is 3. The van der Waals surface area contributed by atoms with Crippen LogP contribution in [0.2, 0.25) is 0 Å². The fourth-order valence-electron chi connectivity index (χ4n) is 3.44. The van der Waals surface area contributed by atoms with Gasteiger partial charge in [-0.2, -0.15) is 8.78 Å². The maximum atomic E-state index is 14.1. The summed E-state index contributed by atoms with van der Waals surface area (Å²) in [6.07, 6.45) is 0.847. The molecule has 0 fully saturated rings. The molecule has 5 nitrogen and oxygen atoms in total. The minimum Gasteiger partial charge on any atom is -0.454 e. The number of carbonyl (C=O) groups is 2. The first-order valence-corrected chi connectivity index (χ1v) is 10.1. The van der Waals surface area contributed by atoms with Crippen molar-refractivity contribution >= 4 is 17.3 Å². The van der Waals surface area contributed by atoms with Crippen LogP contribution in [0.3, 0.4) is 0 Å². The van der Waals surface area contributed by atoms with Gasteiger partial charge in [-0.25, -0.2) is 18.0 Å². The van der Waals surface area contributed by atoms with E-state index in [1.165, 1.54) is 6.07 Å². The minimum atomic E-state index is -2.40. The lowest BCUT2D eigenvalue weighted by Gasteiger charge is -2.14. The van der Waals surface area contributed by atoms with Gasteiger partial charge >= 0.3 is 5.97 Å². The van der Waals surface area contributed by atoms with Crippen LogP contribution in [-0.2, 0) is 9.59 Å². The van der Waals surface area contributed by atoms with Crippen LogP contribution in [-0.4, -0.2) is 18.5 Å². The lowest BCUT2D eigenvalue weighted by Crippen LogP contribution is -2.16. The molecule has 0 saturated carbocycles. The topological polar surface area (TPSA) is 61.8 Å². The molecule has 0 atom stereocenters. The van der Waals surface area contributed by atoms with E-state index in [1.807, 2.05) is 0 Å². The van der Waals surface area contributed by atoms with Crippen LogP contribution in [0.1, 0.15) is 18.1 Å². The third-order valence-corrected chi connectivity index (χ3v) is 5.17. The van der Waals surface area contributed by atoms with Gasteiger partial charge < -0.3 is 14.2 Å². The molecule has 3 aromatic carbocycles. The smallest absolute Gasteiger partial charge is 0.344 e. The molecule has 0 amide bonds. The van der Waals surface area contributed by atoms with Gasteiger partial charge in [0.25, 0.3) is 0 Å². The number of halogens is 5. The fourth-order valence-corrected chi connectivity index (χ4v) is 3.44. The Morgan fingerprint density at radius 3 is 2.06 bits per heavy atom. The third kappa shape index (κ3) is 4.46. The molecule has 0 bridgehead atoms. The predicted molar refractivity (Wildman–Crippen MR) is 113 cm³/mol. The molecular formula is C25H15F5O5. The highest BCUT2D eigenvalue weighted by Gasteiger charge is 2.30. The Kier molecular flexibility index (Phi) is 6.29. The maximum Gasteiger partial charge on any atom is 0.344 e. The molecule has 0 spiro atoms. The molecule has 4 rings (SSSR count). The van der Waals surface area contributed by atoms with Crippen LogP contribution in [0.25, 0.3) is 16.7 Å². The van der Waals surface area contributed by atoms with E-state index < -0.39 is 52.2 Å². The highest BCUT2D eigenvalue weighted by Crippen LogP contribution is 2.37. The fraction of sp³-hybridized carbons (Fsp3) is 0.120. The summed E-state index contributed by atoms with van der Waals surface area (Å²) in [5, 5.41) is 0. The Balaban J connectivity index is 1.77. The number of ether oxygens (including phenoxy) is 3. The van der Waals surface area contributed by atoms with E-state index in [0.29, 0.717) is 28.2 Å². The average Bonchev–Trinajstić information content (AvgIpc) is 3.31. The highest BCUT2D eigenvalue weighted by atomic mass is 19.2. The van der Waals surface area contributed by atoms with Gasteiger partial charge in [0.1, 0.15) is 0 Å². The van der Waals surface area contributed by atoms with Gasteiger partial charge in [-0.1, -0.05) is 18.2 Å². The van der Waals surface area contributed by atoms with Crippen LogP contribution in [0, 0.1) is 36.0 Å². The second kappa shape index (κ2) is 9.21. The van der Waals surface area contributed by atoms with Crippen molar-refractivity contribution in [3.05, 3.63) is 82.7 Å². The number of ketones is 1. The Labute approximate surface area is 195 Å². The second-order valence-electron chi connectivity index (χ2n) is 7.55. The molecule has 0 radical (unpaired) electrons. The first-order valence-electron chi connectivity index (χ1n) is 10.1. The summed E-state index contributed by atoms with van der Waals surface area (Å²) >= 11 is 0. The summed E-state index contributed by atoms with van der Waals surface area (Å²) < 4.78 is 83.8. The Hall–Kier alpha value is -4.21. The molecule has 0 unspecified atom stereocenters. The van der Waals surface area contributed by atoms with E-state index in [0.717, 1.165) is 13.0 Å². The van der Waals surface area contributed by atoms with Crippen LogP contribution >= 0.6 is 0 Å². The van der Waals surface area contributed by atoms with Crippen LogP contribution in [0.15, 0.2) is 42.5 Å². The molecule has 0 aromatic heterocycles. The molecule has 1 aliphatic heterocycles. The lowest BCUT2D eigenvalue weighted by atomic mass is 9.94. The van der Waals surface area contributed by atoms with Crippen molar-refractivity contribution < 1.29 is 45.8 Å². The van der Waals surface area contributed by atoms with Gasteiger partial charge in [0, 0.05) is 0 Å². The van der Waals surface area contributed by atoms with Gasteiger partial charge in [0.05, 0.1) is 5.57 Å². The molecule has 35 heavy (non-hydrogen) atoms. The summed E-state index contributed by atoms with van der Waals surface area (Å²) in [6, 6.07) is 9.95. The van der Waals surface area contributed by atoms with E-state index in [9.17, 15) is 31.5 Å². The van der Waals surface area contributed by atoms with Crippen molar-refractivity contribution in [1.82, 2.24) is 0 Å². The summed E-state index contributed by atoms with van der Waals surface area (Å²) in [5.41, 5.74) is 1.40. The molecule has 0 saturated heterocycles. The van der Waals surface area contributed by atoms with Crippen molar-refractivity contribution in [1.29, 1.82) is 0 Å². The highest BCUT2D eigenvalue weighted by molar-refractivity contribution is 6.22. The SMILES string of the molecule is CC(=O)/C=C(/C(=O)Oc1c(F)c(F)c(F)c(F)c1F)c1cc(-c2ccc3c(c2)OCO3)ccc1C. The van der Waals surface area contributed by atoms with Crippen molar-refractivity contribution in [3.63, 3.8) is 0 Å². The average molecular weight is 490 g/mol. The Morgan fingerprint density at radius 1 is 0.829 bits per heavy atom. The van der Waals surface area contributed by atoms with E-state index in [2.05, 4.69) is 4.74 Å². The van der Waals surface area contributed by atoms with Gasteiger partial charge in [0.15, 0.2) is 17.3 Å². The summed E-state index contributed by atoms with van der Waals surface area (Å²) in [4.78, 5) is 24.7. The largest absolute Gasteiger partial charge is 0.454 e. The quantitative estimate of drug-likeness (QED) is 0.115. The summed E-state index contributed by atoms with van der Waals surface area (Å²) in [5.74, 6) is -14.4. The molecule has 0 aliphatic carbocycles. The van der Waals surface area contributed by atoms with Gasteiger partial charge in [-0.15, -0.1) is 0 Å². The first kappa shape index (κ1) is 23.9.